The first-order valence-corrected chi connectivity index (χ1v) is 8.98. The highest BCUT2D eigenvalue weighted by Crippen LogP contribution is 2.29. The Balaban J connectivity index is 1.76. The number of rotatable bonds is 3. The molecule has 0 spiro atoms. The number of anilines is 2. The average molecular weight is 383 g/mol. The van der Waals surface area contributed by atoms with Gasteiger partial charge in [-0.15, -0.1) is 0 Å². The van der Waals surface area contributed by atoms with Gasteiger partial charge >= 0.3 is 0 Å². The van der Waals surface area contributed by atoms with Crippen molar-refractivity contribution in [1.82, 2.24) is 0 Å². The van der Waals surface area contributed by atoms with Crippen LogP contribution in [0.25, 0.3) is 0 Å². The molecule has 8 heteroatoms. The lowest BCUT2D eigenvalue weighted by atomic mass is 10.2. The number of nitrogens with one attached hydrogen (secondary N) is 2. The van der Waals surface area contributed by atoms with Gasteiger partial charge in [0.1, 0.15) is 5.25 Å². The van der Waals surface area contributed by atoms with Crippen LogP contribution in [0.3, 0.4) is 0 Å². The minimum absolute atomic E-state index is 0.227. The maximum absolute atomic E-state index is 12.6. The molecule has 0 unspecified atom stereocenters. The highest BCUT2D eigenvalue weighted by Gasteiger charge is 2.34. The lowest BCUT2D eigenvalue weighted by molar-refractivity contribution is -0.120. The van der Waals surface area contributed by atoms with Crippen LogP contribution in [0.5, 0.6) is 0 Å². The van der Waals surface area contributed by atoms with E-state index in [1.165, 1.54) is 6.07 Å². The Hall–Kier alpha value is -1.89. The molecule has 1 heterocycles. The molecule has 0 bridgehead atoms. The zero-order chi connectivity index (χ0) is 17.3. The van der Waals surface area contributed by atoms with E-state index < -0.39 is 27.9 Å². The number of halogens is 2. The molecule has 2 N–H and O–H groups in total. The van der Waals surface area contributed by atoms with Crippen LogP contribution >= 0.6 is 23.2 Å². The first-order chi connectivity index (χ1) is 11.5. The van der Waals surface area contributed by atoms with Crippen LogP contribution in [-0.2, 0) is 20.4 Å². The van der Waals surface area contributed by atoms with E-state index in [0.29, 0.717) is 26.3 Å². The Morgan fingerprint density at radius 2 is 1.96 bits per heavy atom. The highest BCUT2D eigenvalue weighted by atomic mass is 35.5. The van der Waals surface area contributed by atoms with Gasteiger partial charge in [-0.25, -0.2) is 0 Å². The molecule has 3 rings (SSSR count). The summed E-state index contributed by atoms with van der Waals surface area (Å²) in [6.07, 6.45) is -0.227. The van der Waals surface area contributed by atoms with Gasteiger partial charge in [-0.05, 0) is 30.3 Å². The third-order valence-electron chi connectivity index (χ3n) is 3.49. The van der Waals surface area contributed by atoms with E-state index in [0.717, 1.165) is 0 Å². The van der Waals surface area contributed by atoms with Gasteiger partial charge in [-0.1, -0.05) is 35.3 Å². The Labute approximate surface area is 150 Å². The second-order valence-corrected chi connectivity index (χ2v) is 7.60. The summed E-state index contributed by atoms with van der Waals surface area (Å²) in [5.41, 5.74) is 0.854. The molecule has 0 saturated carbocycles. The summed E-state index contributed by atoms with van der Waals surface area (Å²) < 4.78 is 12.6. The lowest BCUT2D eigenvalue weighted by Crippen LogP contribution is -2.39. The monoisotopic (exact) mass is 382 g/mol. The first-order valence-electron chi connectivity index (χ1n) is 7.01. The second-order valence-electron chi connectivity index (χ2n) is 5.15. The zero-order valence-electron chi connectivity index (χ0n) is 12.2. The molecule has 2 aromatic carbocycles. The third kappa shape index (κ3) is 3.45. The molecular weight excluding hydrogens is 371 g/mol. The van der Waals surface area contributed by atoms with E-state index >= 15 is 0 Å². The van der Waals surface area contributed by atoms with Crippen molar-refractivity contribution < 1.29 is 13.8 Å². The fourth-order valence-corrected chi connectivity index (χ4v) is 4.09. The molecule has 0 fully saturated rings. The van der Waals surface area contributed by atoms with Crippen molar-refractivity contribution in [3.8, 4) is 0 Å². The van der Waals surface area contributed by atoms with Crippen molar-refractivity contribution in [2.45, 2.75) is 16.6 Å². The Morgan fingerprint density at radius 1 is 1.21 bits per heavy atom. The Morgan fingerprint density at radius 3 is 2.75 bits per heavy atom. The minimum Gasteiger partial charge on any atom is -0.325 e. The van der Waals surface area contributed by atoms with E-state index in [1.54, 1.807) is 36.4 Å². The van der Waals surface area contributed by atoms with E-state index in [9.17, 15) is 13.8 Å². The maximum atomic E-state index is 12.6. The molecule has 0 saturated heterocycles. The molecule has 1 aliphatic heterocycles. The molecule has 0 radical (unpaired) electrons. The molecule has 2 atom stereocenters. The summed E-state index contributed by atoms with van der Waals surface area (Å²) >= 11 is 11.9. The van der Waals surface area contributed by atoms with Gasteiger partial charge < -0.3 is 10.6 Å². The van der Waals surface area contributed by atoms with Crippen LogP contribution in [0.15, 0.2) is 47.4 Å². The van der Waals surface area contributed by atoms with Gasteiger partial charge in [0.25, 0.3) is 0 Å². The number of benzene rings is 2. The molecule has 124 valence electrons. The third-order valence-corrected chi connectivity index (χ3v) is 5.74. The Kier molecular flexibility index (Phi) is 4.89. The van der Waals surface area contributed by atoms with Gasteiger partial charge in [0.05, 0.1) is 38.5 Å². The summed E-state index contributed by atoms with van der Waals surface area (Å²) in [5, 5.41) is 5.05. The van der Waals surface area contributed by atoms with Crippen LogP contribution in [0.2, 0.25) is 10.0 Å². The largest absolute Gasteiger partial charge is 0.325 e. The predicted molar refractivity (Wildman–Crippen MR) is 95.0 cm³/mol. The second kappa shape index (κ2) is 6.93. The first kappa shape index (κ1) is 17.0. The highest BCUT2D eigenvalue weighted by molar-refractivity contribution is 7.86. The van der Waals surface area contributed by atoms with E-state index in [2.05, 4.69) is 10.6 Å². The maximum Gasteiger partial charge on any atom is 0.241 e. The van der Waals surface area contributed by atoms with Crippen molar-refractivity contribution in [2.75, 3.05) is 10.6 Å². The van der Waals surface area contributed by atoms with Crippen molar-refractivity contribution >= 4 is 57.2 Å². The fourth-order valence-electron chi connectivity index (χ4n) is 2.34. The zero-order valence-corrected chi connectivity index (χ0v) is 14.5. The molecule has 0 aromatic heterocycles. The molecule has 2 aromatic rings. The smallest absolute Gasteiger partial charge is 0.241 e. The van der Waals surface area contributed by atoms with Gasteiger partial charge in [-0.2, -0.15) is 0 Å². The van der Waals surface area contributed by atoms with Crippen LogP contribution in [0.1, 0.15) is 6.42 Å². The molecule has 24 heavy (non-hydrogen) atoms. The van der Waals surface area contributed by atoms with Crippen molar-refractivity contribution in [1.29, 1.82) is 0 Å². The summed E-state index contributed by atoms with van der Waals surface area (Å²) in [4.78, 5) is 24.9. The Bertz CT molecular complexity index is 857. The van der Waals surface area contributed by atoms with E-state index in [-0.39, 0.29) is 6.42 Å². The van der Waals surface area contributed by atoms with Gasteiger partial charge in [0.15, 0.2) is 0 Å². The van der Waals surface area contributed by atoms with Crippen molar-refractivity contribution in [3.05, 3.63) is 52.5 Å². The van der Waals surface area contributed by atoms with E-state index in [4.69, 9.17) is 23.2 Å². The number of carbonyl (C=O) groups is 2. The number of hydrogen-bond acceptors (Lipinski definition) is 3. The topological polar surface area (TPSA) is 75.3 Å². The summed E-state index contributed by atoms with van der Waals surface area (Å²) in [7, 11) is -1.60. The number of fused-ring (bicyclic) bond motifs is 1. The summed E-state index contributed by atoms with van der Waals surface area (Å²) in [5.74, 6) is -0.911. The minimum atomic E-state index is -1.60. The van der Waals surface area contributed by atoms with E-state index in [1.807, 2.05) is 0 Å². The van der Waals surface area contributed by atoms with Crippen LogP contribution in [0.4, 0.5) is 11.4 Å². The molecule has 5 nitrogen and oxygen atoms in total. The van der Waals surface area contributed by atoms with Crippen LogP contribution in [-0.4, -0.2) is 21.3 Å². The number of amides is 2. The standard InChI is InChI=1S/C16H12Cl2N2O3S/c17-9-5-6-10(18)12(7-9)19-15(21)8-14-16(22)20-11-3-1-2-4-13(11)24(14)23/h1-7,14H,8H2,(H,19,21)(H,20,22)/t14-,24-/m1/s1. The summed E-state index contributed by atoms with van der Waals surface area (Å²) in [6.45, 7) is 0. The summed E-state index contributed by atoms with van der Waals surface area (Å²) in [6, 6.07) is 11.5. The van der Waals surface area contributed by atoms with Gasteiger partial charge in [0.2, 0.25) is 11.8 Å². The molecule has 2 amide bonds. The number of hydrogen-bond donors (Lipinski definition) is 2. The number of para-hydroxylation sites is 1. The SMILES string of the molecule is O=C(C[C@@H]1C(=O)Nc2ccccc2[S@]1=O)Nc1cc(Cl)ccc1Cl. The predicted octanol–water partition coefficient (Wildman–Crippen LogP) is 3.45. The lowest BCUT2D eigenvalue weighted by Gasteiger charge is -2.23. The fraction of sp³-hybridized carbons (Fsp3) is 0.125. The molecular formula is C16H12Cl2N2O3S. The molecule has 0 aliphatic carbocycles. The normalized spacial score (nSPS) is 19.3. The van der Waals surface area contributed by atoms with Crippen LogP contribution < -0.4 is 10.6 Å². The van der Waals surface area contributed by atoms with Gasteiger partial charge in [0, 0.05) is 5.02 Å². The molecule has 1 aliphatic rings. The van der Waals surface area contributed by atoms with Gasteiger partial charge in [-0.3, -0.25) is 13.8 Å². The number of carbonyl (C=O) groups excluding carboxylic acids is 2. The van der Waals surface area contributed by atoms with Crippen LogP contribution in [0, 0.1) is 0 Å². The average Bonchev–Trinajstić information content (AvgIpc) is 2.55. The quantitative estimate of drug-likeness (QED) is 0.853. The van der Waals surface area contributed by atoms with Crippen molar-refractivity contribution in [2.24, 2.45) is 0 Å². The van der Waals surface area contributed by atoms with Crippen molar-refractivity contribution in [3.63, 3.8) is 0 Å².